The lowest BCUT2D eigenvalue weighted by Crippen LogP contribution is -2.36. The number of benzene rings is 1. The Hall–Kier alpha value is -2.04. The van der Waals surface area contributed by atoms with Crippen LogP contribution in [0, 0.1) is 0 Å². The van der Waals surface area contributed by atoms with Crippen molar-refractivity contribution in [3.63, 3.8) is 0 Å². The molecule has 5 heteroatoms. The van der Waals surface area contributed by atoms with Gasteiger partial charge in [-0.1, -0.05) is 0 Å². The number of hydrogen-bond acceptors (Lipinski definition) is 3. The van der Waals surface area contributed by atoms with Crippen LogP contribution in [-0.4, -0.2) is 23.6 Å². The third-order valence-electron chi connectivity index (χ3n) is 1.72. The predicted octanol–water partition coefficient (Wildman–Crippen LogP) is 0.216. The minimum atomic E-state index is -0.302. The zero-order chi connectivity index (χ0) is 11.3. The molecule has 0 fully saturated rings. The third-order valence-corrected chi connectivity index (χ3v) is 1.72. The average molecular weight is 208 g/mol. The van der Waals surface area contributed by atoms with E-state index in [2.05, 4.69) is 10.6 Å². The van der Waals surface area contributed by atoms with Crippen molar-refractivity contribution in [2.75, 3.05) is 6.67 Å². The average Bonchev–Trinajstić information content (AvgIpc) is 2.18. The Morgan fingerprint density at radius 3 is 2.33 bits per heavy atom. The molecule has 0 bridgehead atoms. The van der Waals surface area contributed by atoms with Gasteiger partial charge >= 0.3 is 0 Å². The van der Waals surface area contributed by atoms with Gasteiger partial charge in [0.25, 0.3) is 5.91 Å². The quantitative estimate of drug-likeness (QED) is 0.621. The summed E-state index contributed by atoms with van der Waals surface area (Å²) in [5.74, 6) is -0.404. The normalized spacial score (nSPS) is 9.40. The minimum Gasteiger partial charge on any atom is -0.508 e. The largest absolute Gasteiger partial charge is 0.508 e. The monoisotopic (exact) mass is 208 g/mol. The molecule has 0 aromatic heterocycles. The fourth-order valence-corrected chi connectivity index (χ4v) is 0.964. The van der Waals surface area contributed by atoms with Gasteiger partial charge < -0.3 is 15.7 Å². The lowest BCUT2D eigenvalue weighted by atomic mass is 10.2. The van der Waals surface area contributed by atoms with E-state index in [-0.39, 0.29) is 24.2 Å². The molecule has 0 aliphatic rings. The number of carbonyl (C=O) groups is 2. The molecule has 0 atom stereocenters. The van der Waals surface area contributed by atoms with Crippen molar-refractivity contribution in [3.8, 4) is 5.75 Å². The maximum Gasteiger partial charge on any atom is 0.252 e. The molecule has 5 nitrogen and oxygen atoms in total. The fraction of sp³-hybridized carbons (Fsp3) is 0.200. The van der Waals surface area contributed by atoms with Crippen molar-refractivity contribution in [3.05, 3.63) is 29.8 Å². The molecule has 3 N–H and O–H groups in total. The molecule has 80 valence electrons. The highest BCUT2D eigenvalue weighted by molar-refractivity contribution is 5.94. The number of amides is 2. The number of carbonyl (C=O) groups excluding carboxylic acids is 2. The molecule has 15 heavy (non-hydrogen) atoms. The SMILES string of the molecule is CC(=O)NCNC(=O)c1ccc(O)cc1. The first-order valence-electron chi connectivity index (χ1n) is 4.41. The van der Waals surface area contributed by atoms with Gasteiger partial charge in [-0.25, -0.2) is 0 Å². The van der Waals surface area contributed by atoms with Crippen molar-refractivity contribution < 1.29 is 14.7 Å². The van der Waals surface area contributed by atoms with Gasteiger partial charge in [0.1, 0.15) is 5.75 Å². The molecule has 0 saturated heterocycles. The second-order valence-electron chi connectivity index (χ2n) is 2.96. The second kappa shape index (κ2) is 4.99. The van der Waals surface area contributed by atoms with Gasteiger partial charge in [0.15, 0.2) is 0 Å². The van der Waals surface area contributed by atoms with Gasteiger partial charge in [0, 0.05) is 12.5 Å². The number of nitrogens with one attached hydrogen (secondary N) is 2. The first-order valence-corrected chi connectivity index (χ1v) is 4.41. The smallest absolute Gasteiger partial charge is 0.252 e. The molecular formula is C10H12N2O3. The summed E-state index contributed by atoms with van der Waals surface area (Å²) in [4.78, 5) is 21.9. The van der Waals surface area contributed by atoms with Crippen molar-refractivity contribution in [1.82, 2.24) is 10.6 Å². The molecule has 1 aromatic rings. The number of phenolic OH excluding ortho intramolecular Hbond substituents is 1. The van der Waals surface area contributed by atoms with E-state index < -0.39 is 0 Å². The van der Waals surface area contributed by atoms with E-state index in [4.69, 9.17) is 5.11 Å². The van der Waals surface area contributed by atoms with Crippen LogP contribution in [0.5, 0.6) is 5.75 Å². The van der Waals surface area contributed by atoms with Gasteiger partial charge in [-0.05, 0) is 24.3 Å². The van der Waals surface area contributed by atoms with Crippen LogP contribution >= 0.6 is 0 Å². The molecule has 2 amide bonds. The van der Waals surface area contributed by atoms with Crippen LogP contribution in [0.15, 0.2) is 24.3 Å². The Balaban J connectivity index is 2.47. The lowest BCUT2D eigenvalue weighted by molar-refractivity contribution is -0.118. The molecule has 1 rings (SSSR count). The molecule has 0 radical (unpaired) electrons. The second-order valence-corrected chi connectivity index (χ2v) is 2.96. The number of aromatic hydroxyl groups is 1. The maximum atomic E-state index is 11.4. The van der Waals surface area contributed by atoms with Gasteiger partial charge in [-0.15, -0.1) is 0 Å². The highest BCUT2D eigenvalue weighted by atomic mass is 16.3. The van der Waals surface area contributed by atoms with E-state index >= 15 is 0 Å². The maximum absolute atomic E-state index is 11.4. The standard InChI is InChI=1S/C10H12N2O3/c1-7(13)11-6-12-10(15)8-2-4-9(14)5-3-8/h2-5,14H,6H2,1H3,(H,11,13)(H,12,15). The zero-order valence-electron chi connectivity index (χ0n) is 8.28. The number of hydrogen-bond donors (Lipinski definition) is 3. The Morgan fingerprint density at radius 1 is 1.20 bits per heavy atom. The van der Waals surface area contributed by atoms with E-state index in [1.807, 2.05) is 0 Å². The molecule has 0 heterocycles. The Labute approximate surface area is 87.1 Å². The third kappa shape index (κ3) is 3.68. The van der Waals surface area contributed by atoms with Crippen LogP contribution < -0.4 is 10.6 Å². The Bertz CT molecular complexity index is 359. The van der Waals surface area contributed by atoms with Crippen molar-refractivity contribution in [2.45, 2.75) is 6.92 Å². The summed E-state index contributed by atoms with van der Waals surface area (Å²) < 4.78 is 0. The van der Waals surface area contributed by atoms with Crippen LogP contribution in [0.25, 0.3) is 0 Å². The molecule has 0 spiro atoms. The van der Waals surface area contributed by atoms with Crippen LogP contribution in [-0.2, 0) is 4.79 Å². The summed E-state index contributed by atoms with van der Waals surface area (Å²) in [6, 6.07) is 5.84. The van der Waals surface area contributed by atoms with Crippen molar-refractivity contribution in [2.24, 2.45) is 0 Å². The predicted molar refractivity (Wildman–Crippen MR) is 54.3 cm³/mol. The molecule has 0 unspecified atom stereocenters. The molecule has 0 aliphatic carbocycles. The number of phenols is 1. The minimum absolute atomic E-state index is 0.0923. The van der Waals surface area contributed by atoms with E-state index in [0.29, 0.717) is 5.56 Å². The molecule has 0 aliphatic heterocycles. The van der Waals surface area contributed by atoms with Crippen LogP contribution in [0.2, 0.25) is 0 Å². The first kappa shape index (κ1) is 11.0. The zero-order valence-corrected chi connectivity index (χ0v) is 8.28. The summed E-state index contributed by atoms with van der Waals surface area (Å²) in [5.41, 5.74) is 0.429. The van der Waals surface area contributed by atoms with Crippen LogP contribution in [0.3, 0.4) is 0 Å². The van der Waals surface area contributed by atoms with E-state index in [9.17, 15) is 9.59 Å². The van der Waals surface area contributed by atoms with Crippen LogP contribution in [0.4, 0.5) is 0 Å². The van der Waals surface area contributed by atoms with E-state index in [0.717, 1.165) is 0 Å². The Kier molecular flexibility index (Phi) is 3.68. The van der Waals surface area contributed by atoms with Gasteiger partial charge in [0.2, 0.25) is 5.91 Å². The van der Waals surface area contributed by atoms with Crippen LogP contribution in [0.1, 0.15) is 17.3 Å². The lowest BCUT2D eigenvalue weighted by Gasteiger charge is -2.05. The Morgan fingerprint density at radius 2 is 1.80 bits per heavy atom. The summed E-state index contributed by atoms with van der Waals surface area (Å²) in [7, 11) is 0. The van der Waals surface area contributed by atoms with Crippen molar-refractivity contribution >= 4 is 11.8 Å². The first-order chi connectivity index (χ1) is 7.09. The summed E-state index contributed by atoms with van der Waals surface area (Å²) in [6.07, 6.45) is 0. The topological polar surface area (TPSA) is 78.4 Å². The summed E-state index contributed by atoms with van der Waals surface area (Å²) >= 11 is 0. The number of rotatable bonds is 3. The summed E-state index contributed by atoms with van der Waals surface area (Å²) in [6.45, 7) is 1.46. The molecule has 1 aromatic carbocycles. The van der Waals surface area contributed by atoms with Gasteiger partial charge in [-0.2, -0.15) is 0 Å². The van der Waals surface area contributed by atoms with Crippen molar-refractivity contribution in [1.29, 1.82) is 0 Å². The van der Waals surface area contributed by atoms with Gasteiger partial charge in [-0.3, -0.25) is 9.59 Å². The molecular weight excluding hydrogens is 196 g/mol. The highest BCUT2D eigenvalue weighted by Gasteiger charge is 2.03. The van der Waals surface area contributed by atoms with E-state index in [1.165, 1.54) is 31.2 Å². The summed E-state index contributed by atoms with van der Waals surface area (Å²) in [5, 5.41) is 13.9. The van der Waals surface area contributed by atoms with Gasteiger partial charge in [0.05, 0.1) is 6.67 Å². The van der Waals surface area contributed by atoms with E-state index in [1.54, 1.807) is 0 Å². The highest BCUT2D eigenvalue weighted by Crippen LogP contribution is 2.08. The molecule has 0 saturated carbocycles. The fourth-order valence-electron chi connectivity index (χ4n) is 0.964.